The van der Waals surface area contributed by atoms with Gasteiger partial charge in [-0.1, -0.05) is 31.4 Å². The van der Waals surface area contributed by atoms with E-state index < -0.39 is 11.7 Å². The average Bonchev–Trinajstić information content (AvgIpc) is 2.29. The molecule has 1 aromatic rings. The highest BCUT2D eigenvalue weighted by Gasteiger charge is 2.30. The monoisotopic (exact) mass is 228 g/mol. The van der Waals surface area contributed by atoms with Crippen molar-refractivity contribution in [3.63, 3.8) is 0 Å². The lowest BCUT2D eigenvalue weighted by atomic mass is 9.84. The number of alkyl halides is 3. The molecule has 1 fully saturated rings. The largest absolute Gasteiger partial charge is 0.416 e. The van der Waals surface area contributed by atoms with Crippen LogP contribution < -0.4 is 0 Å². The summed E-state index contributed by atoms with van der Waals surface area (Å²) in [4.78, 5) is 0. The Morgan fingerprint density at radius 2 is 1.44 bits per heavy atom. The number of hydrogen-bond acceptors (Lipinski definition) is 0. The van der Waals surface area contributed by atoms with E-state index in [0.29, 0.717) is 5.92 Å². The second-order valence-electron chi connectivity index (χ2n) is 4.45. The molecule has 1 aliphatic carbocycles. The number of halogens is 3. The van der Waals surface area contributed by atoms with Crippen molar-refractivity contribution in [1.29, 1.82) is 0 Å². The van der Waals surface area contributed by atoms with E-state index in [-0.39, 0.29) is 0 Å². The Balaban J connectivity index is 2.12. The summed E-state index contributed by atoms with van der Waals surface area (Å²) in [6.07, 6.45) is 1.68. The van der Waals surface area contributed by atoms with Gasteiger partial charge in [-0.15, -0.1) is 0 Å². The Kier molecular flexibility index (Phi) is 3.22. The predicted octanol–water partition coefficient (Wildman–Crippen LogP) is 4.75. The summed E-state index contributed by atoms with van der Waals surface area (Å²) in [5.74, 6) is 0.469. The molecule has 0 amide bonds. The van der Waals surface area contributed by atoms with Crippen molar-refractivity contribution in [2.24, 2.45) is 0 Å². The lowest BCUT2D eigenvalue weighted by Crippen LogP contribution is -2.07. The van der Waals surface area contributed by atoms with Gasteiger partial charge in [0.05, 0.1) is 5.56 Å². The maximum absolute atomic E-state index is 12.4. The van der Waals surface area contributed by atoms with E-state index >= 15 is 0 Å². The molecule has 3 heteroatoms. The Bertz CT molecular complexity index is 331. The standard InChI is InChI=1S/C13H15F3/c14-13(15,16)12-8-6-11(7-9-12)10-4-2-1-3-5-10/h6-10H,1-5H2. The van der Waals surface area contributed by atoms with Gasteiger partial charge in [0.25, 0.3) is 0 Å². The first-order valence-electron chi connectivity index (χ1n) is 5.74. The van der Waals surface area contributed by atoms with Crippen molar-refractivity contribution < 1.29 is 13.2 Å². The lowest BCUT2D eigenvalue weighted by Gasteiger charge is -2.22. The van der Waals surface area contributed by atoms with Gasteiger partial charge in [0.2, 0.25) is 0 Å². The fraction of sp³-hybridized carbons (Fsp3) is 0.538. The molecule has 16 heavy (non-hydrogen) atoms. The molecule has 0 unspecified atom stereocenters. The maximum atomic E-state index is 12.4. The second kappa shape index (κ2) is 4.48. The highest BCUT2D eigenvalue weighted by molar-refractivity contribution is 5.27. The summed E-state index contributed by atoms with van der Waals surface area (Å²) < 4.78 is 37.1. The van der Waals surface area contributed by atoms with Crippen molar-refractivity contribution in [1.82, 2.24) is 0 Å². The van der Waals surface area contributed by atoms with Crippen LogP contribution in [0.1, 0.15) is 49.1 Å². The number of rotatable bonds is 1. The molecule has 0 saturated heterocycles. The molecule has 0 atom stereocenters. The minimum Gasteiger partial charge on any atom is -0.166 e. The highest BCUT2D eigenvalue weighted by Crippen LogP contribution is 2.34. The van der Waals surface area contributed by atoms with E-state index in [1.165, 1.54) is 31.4 Å². The van der Waals surface area contributed by atoms with Gasteiger partial charge in [-0.05, 0) is 36.5 Å². The van der Waals surface area contributed by atoms with Crippen LogP contribution in [0, 0.1) is 0 Å². The minimum absolute atomic E-state index is 0.469. The molecule has 0 spiro atoms. The molecule has 0 aliphatic heterocycles. The quantitative estimate of drug-likeness (QED) is 0.650. The van der Waals surface area contributed by atoms with Gasteiger partial charge in [0.15, 0.2) is 0 Å². The van der Waals surface area contributed by atoms with Gasteiger partial charge in [0, 0.05) is 0 Å². The molecule has 1 saturated carbocycles. The van der Waals surface area contributed by atoms with E-state index in [9.17, 15) is 13.2 Å². The first-order chi connectivity index (χ1) is 7.57. The van der Waals surface area contributed by atoms with Gasteiger partial charge < -0.3 is 0 Å². The van der Waals surface area contributed by atoms with E-state index in [2.05, 4.69) is 0 Å². The molecule has 1 aliphatic rings. The summed E-state index contributed by atoms with van der Waals surface area (Å²) in [6.45, 7) is 0. The van der Waals surface area contributed by atoms with E-state index in [4.69, 9.17) is 0 Å². The third-order valence-electron chi connectivity index (χ3n) is 3.31. The van der Waals surface area contributed by atoms with E-state index in [0.717, 1.165) is 18.4 Å². The van der Waals surface area contributed by atoms with Gasteiger partial charge in [-0.3, -0.25) is 0 Å². The molecule has 0 N–H and O–H groups in total. The Labute approximate surface area is 93.5 Å². The maximum Gasteiger partial charge on any atom is 0.416 e. The summed E-state index contributed by atoms with van der Waals surface area (Å²) in [7, 11) is 0. The predicted molar refractivity (Wildman–Crippen MR) is 57.3 cm³/mol. The summed E-state index contributed by atoms with van der Waals surface area (Å²) in [6, 6.07) is 5.67. The van der Waals surface area contributed by atoms with Crippen LogP contribution in [0.4, 0.5) is 13.2 Å². The SMILES string of the molecule is FC(F)(F)c1ccc(C2CCCCC2)cc1. The molecule has 0 nitrogen and oxygen atoms in total. The third-order valence-corrected chi connectivity index (χ3v) is 3.31. The smallest absolute Gasteiger partial charge is 0.166 e. The average molecular weight is 228 g/mol. The van der Waals surface area contributed by atoms with Crippen molar-refractivity contribution in [2.45, 2.75) is 44.2 Å². The zero-order chi connectivity index (χ0) is 11.6. The molecular weight excluding hydrogens is 213 g/mol. The zero-order valence-corrected chi connectivity index (χ0v) is 9.06. The zero-order valence-electron chi connectivity index (χ0n) is 9.06. The van der Waals surface area contributed by atoms with Crippen LogP contribution >= 0.6 is 0 Å². The van der Waals surface area contributed by atoms with Crippen LogP contribution in [-0.4, -0.2) is 0 Å². The summed E-state index contributed by atoms with van der Waals surface area (Å²) >= 11 is 0. The first kappa shape index (κ1) is 11.5. The van der Waals surface area contributed by atoms with Crippen LogP contribution in [0.15, 0.2) is 24.3 Å². The van der Waals surface area contributed by atoms with E-state index in [1.54, 1.807) is 12.1 Å². The van der Waals surface area contributed by atoms with Crippen LogP contribution in [-0.2, 0) is 6.18 Å². The van der Waals surface area contributed by atoms with Gasteiger partial charge >= 0.3 is 6.18 Å². The minimum atomic E-state index is -4.22. The third kappa shape index (κ3) is 2.57. The summed E-state index contributed by atoms with van der Waals surface area (Å²) in [5, 5.41) is 0. The van der Waals surface area contributed by atoms with Crippen LogP contribution in [0.3, 0.4) is 0 Å². The summed E-state index contributed by atoms with van der Waals surface area (Å²) in [5.41, 5.74) is 0.514. The Morgan fingerprint density at radius 1 is 0.875 bits per heavy atom. The normalized spacial score (nSPS) is 18.7. The lowest BCUT2D eigenvalue weighted by molar-refractivity contribution is -0.137. The topological polar surface area (TPSA) is 0 Å². The Morgan fingerprint density at radius 3 is 1.94 bits per heavy atom. The highest BCUT2D eigenvalue weighted by atomic mass is 19.4. The van der Waals surface area contributed by atoms with Gasteiger partial charge in [-0.2, -0.15) is 13.2 Å². The van der Waals surface area contributed by atoms with Gasteiger partial charge in [-0.25, -0.2) is 0 Å². The fourth-order valence-electron chi connectivity index (χ4n) is 2.38. The molecule has 1 aromatic carbocycles. The van der Waals surface area contributed by atoms with Gasteiger partial charge in [0.1, 0.15) is 0 Å². The van der Waals surface area contributed by atoms with Crippen molar-refractivity contribution >= 4 is 0 Å². The molecule has 0 heterocycles. The van der Waals surface area contributed by atoms with E-state index in [1.807, 2.05) is 0 Å². The van der Waals surface area contributed by atoms with Crippen molar-refractivity contribution in [3.05, 3.63) is 35.4 Å². The molecule has 2 rings (SSSR count). The number of hydrogen-bond donors (Lipinski definition) is 0. The number of benzene rings is 1. The van der Waals surface area contributed by atoms with Crippen LogP contribution in [0.2, 0.25) is 0 Å². The molecule has 0 bridgehead atoms. The Hall–Kier alpha value is -0.990. The molecular formula is C13H15F3. The molecule has 0 radical (unpaired) electrons. The molecule has 88 valence electrons. The fourth-order valence-corrected chi connectivity index (χ4v) is 2.38. The molecule has 0 aromatic heterocycles. The first-order valence-corrected chi connectivity index (χ1v) is 5.74. The van der Waals surface area contributed by atoms with Crippen LogP contribution in [0.5, 0.6) is 0 Å². The van der Waals surface area contributed by atoms with Crippen molar-refractivity contribution in [3.8, 4) is 0 Å². The van der Waals surface area contributed by atoms with Crippen LogP contribution in [0.25, 0.3) is 0 Å². The second-order valence-corrected chi connectivity index (χ2v) is 4.45. The van der Waals surface area contributed by atoms with Crippen molar-refractivity contribution in [2.75, 3.05) is 0 Å².